The van der Waals surface area contributed by atoms with Crippen LogP contribution in [0, 0.1) is 25.2 Å². The predicted molar refractivity (Wildman–Crippen MR) is 104 cm³/mol. The lowest BCUT2D eigenvalue weighted by Crippen LogP contribution is -2.23. The molecule has 128 valence electrons. The highest BCUT2D eigenvalue weighted by molar-refractivity contribution is 5.99. The number of pyridine rings is 1. The summed E-state index contributed by atoms with van der Waals surface area (Å²) in [5.74, 6) is 0. The minimum absolute atomic E-state index is 0.131. The van der Waals surface area contributed by atoms with Crippen LogP contribution in [0.4, 0.5) is 0 Å². The second-order valence-corrected chi connectivity index (χ2v) is 6.20. The van der Waals surface area contributed by atoms with Crippen molar-refractivity contribution in [1.29, 1.82) is 5.26 Å². The monoisotopic (exact) mass is 341 g/mol. The number of hydrogen-bond donors (Lipinski definition) is 0. The number of benzene rings is 2. The highest BCUT2D eigenvalue weighted by atomic mass is 16.1. The molecule has 0 spiro atoms. The molecule has 26 heavy (non-hydrogen) atoms. The van der Waals surface area contributed by atoms with Gasteiger partial charge in [0.1, 0.15) is 11.6 Å². The standard InChI is InChI=1S/C22H19N3O/c1-15-13-16(2)25(22(26)21(15)14-23)24-17(3)18-9-11-20(12-10-18)19-7-5-4-6-8-19/h4-13H,1-3H3. The van der Waals surface area contributed by atoms with Crippen LogP contribution >= 0.6 is 0 Å². The van der Waals surface area contributed by atoms with Crippen molar-refractivity contribution in [2.45, 2.75) is 20.8 Å². The quantitative estimate of drug-likeness (QED) is 0.668. The first-order chi connectivity index (χ1) is 12.5. The Morgan fingerprint density at radius 3 is 2.23 bits per heavy atom. The molecule has 0 fully saturated rings. The number of rotatable bonds is 3. The van der Waals surface area contributed by atoms with E-state index in [2.05, 4.69) is 17.2 Å². The van der Waals surface area contributed by atoms with E-state index in [1.165, 1.54) is 4.68 Å². The third-order valence-electron chi connectivity index (χ3n) is 4.33. The lowest BCUT2D eigenvalue weighted by atomic mass is 10.0. The van der Waals surface area contributed by atoms with Gasteiger partial charge in [-0.3, -0.25) is 4.79 Å². The zero-order valence-corrected chi connectivity index (χ0v) is 15.0. The lowest BCUT2D eigenvalue weighted by molar-refractivity contribution is 0.781. The maximum Gasteiger partial charge on any atom is 0.289 e. The van der Waals surface area contributed by atoms with Gasteiger partial charge in [0, 0.05) is 5.69 Å². The Morgan fingerprint density at radius 2 is 1.62 bits per heavy atom. The molecule has 0 saturated heterocycles. The Kier molecular flexibility index (Phi) is 4.81. The van der Waals surface area contributed by atoms with Crippen molar-refractivity contribution in [2.24, 2.45) is 5.10 Å². The molecular weight excluding hydrogens is 322 g/mol. The van der Waals surface area contributed by atoms with Gasteiger partial charge >= 0.3 is 0 Å². The summed E-state index contributed by atoms with van der Waals surface area (Å²) in [5.41, 5.74) is 5.03. The molecule has 0 bridgehead atoms. The summed E-state index contributed by atoms with van der Waals surface area (Å²) in [6, 6.07) is 22.0. The molecule has 4 heteroatoms. The number of aromatic nitrogens is 1. The molecule has 0 saturated carbocycles. The van der Waals surface area contributed by atoms with Crippen LogP contribution in [0.2, 0.25) is 0 Å². The molecule has 0 aliphatic rings. The Bertz CT molecular complexity index is 1070. The highest BCUT2D eigenvalue weighted by Crippen LogP contribution is 2.19. The minimum atomic E-state index is -0.384. The maximum atomic E-state index is 12.5. The molecule has 0 amide bonds. The van der Waals surface area contributed by atoms with Crippen LogP contribution in [0.5, 0.6) is 0 Å². The van der Waals surface area contributed by atoms with E-state index in [0.29, 0.717) is 17.0 Å². The summed E-state index contributed by atoms with van der Waals surface area (Å²) in [4.78, 5) is 12.5. The van der Waals surface area contributed by atoms with Crippen molar-refractivity contribution in [1.82, 2.24) is 4.68 Å². The molecule has 3 rings (SSSR count). The number of hydrogen-bond acceptors (Lipinski definition) is 3. The van der Waals surface area contributed by atoms with Crippen molar-refractivity contribution in [3.8, 4) is 17.2 Å². The molecule has 0 aliphatic heterocycles. The molecule has 0 N–H and O–H groups in total. The molecule has 0 aliphatic carbocycles. The van der Waals surface area contributed by atoms with Gasteiger partial charge in [0.15, 0.2) is 0 Å². The van der Waals surface area contributed by atoms with E-state index in [1.54, 1.807) is 13.0 Å². The molecule has 0 unspecified atom stereocenters. The second-order valence-electron chi connectivity index (χ2n) is 6.20. The fourth-order valence-corrected chi connectivity index (χ4v) is 2.88. The van der Waals surface area contributed by atoms with Crippen LogP contribution in [0.3, 0.4) is 0 Å². The average molecular weight is 341 g/mol. The summed E-state index contributed by atoms with van der Waals surface area (Å²) in [7, 11) is 0. The lowest BCUT2D eigenvalue weighted by Gasteiger charge is -2.09. The zero-order valence-electron chi connectivity index (χ0n) is 15.0. The summed E-state index contributed by atoms with van der Waals surface area (Å²) in [6.45, 7) is 5.43. The van der Waals surface area contributed by atoms with Crippen molar-refractivity contribution >= 4 is 5.71 Å². The molecule has 1 heterocycles. The first-order valence-corrected chi connectivity index (χ1v) is 8.36. The fourth-order valence-electron chi connectivity index (χ4n) is 2.88. The van der Waals surface area contributed by atoms with Gasteiger partial charge in [-0.05, 0) is 49.1 Å². The van der Waals surface area contributed by atoms with Crippen LogP contribution in [0.15, 0.2) is 70.6 Å². The molecule has 1 aromatic heterocycles. The van der Waals surface area contributed by atoms with Gasteiger partial charge in [-0.2, -0.15) is 10.4 Å². The molecule has 0 atom stereocenters. The predicted octanol–water partition coefficient (Wildman–Crippen LogP) is 4.28. The number of nitriles is 1. The van der Waals surface area contributed by atoms with Crippen LogP contribution in [0.1, 0.15) is 29.3 Å². The van der Waals surface area contributed by atoms with E-state index in [9.17, 15) is 10.1 Å². The van der Waals surface area contributed by atoms with Crippen LogP contribution in [-0.2, 0) is 0 Å². The van der Waals surface area contributed by atoms with Crippen LogP contribution < -0.4 is 5.56 Å². The Labute approximate surface area is 152 Å². The highest BCUT2D eigenvalue weighted by Gasteiger charge is 2.10. The van der Waals surface area contributed by atoms with Gasteiger partial charge in [-0.1, -0.05) is 54.6 Å². The zero-order chi connectivity index (χ0) is 18.7. The van der Waals surface area contributed by atoms with Crippen molar-refractivity contribution < 1.29 is 0 Å². The van der Waals surface area contributed by atoms with Gasteiger partial charge in [0.2, 0.25) is 0 Å². The second kappa shape index (κ2) is 7.20. The minimum Gasteiger partial charge on any atom is -0.266 e. The number of aryl methyl sites for hydroxylation is 2. The molecule has 0 radical (unpaired) electrons. The molecule has 2 aromatic carbocycles. The van der Waals surface area contributed by atoms with E-state index in [4.69, 9.17) is 0 Å². The summed E-state index contributed by atoms with van der Waals surface area (Å²) in [6.07, 6.45) is 0. The van der Waals surface area contributed by atoms with Crippen molar-refractivity contribution in [3.63, 3.8) is 0 Å². The summed E-state index contributed by atoms with van der Waals surface area (Å²) >= 11 is 0. The van der Waals surface area contributed by atoms with Gasteiger partial charge < -0.3 is 0 Å². The Hall–Kier alpha value is -3.45. The fraction of sp³-hybridized carbons (Fsp3) is 0.136. The van der Waals surface area contributed by atoms with Crippen molar-refractivity contribution in [2.75, 3.05) is 0 Å². The van der Waals surface area contributed by atoms with Crippen molar-refractivity contribution in [3.05, 3.63) is 93.4 Å². The summed E-state index contributed by atoms with van der Waals surface area (Å²) < 4.78 is 1.30. The average Bonchev–Trinajstić information content (AvgIpc) is 2.66. The molecule has 3 aromatic rings. The van der Waals surface area contributed by atoms with E-state index in [1.807, 2.05) is 62.4 Å². The normalized spacial score (nSPS) is 11.2. The van der Waals surface area contributed by atoms with E-state index in [-0.39, 0.29) is 11.1 Å². The van der Waals surface area contributed by atoms with Gasteiger partial charge in [0.25, 0.3) is 5.56 Å². The first-order valence-electron chi connectivity index (χ1n) is 8.36. The topological polar surface area (TPSA) is 58.1 Å². The third kappa shape index (κ3) is 3.33. The van der Waals surface area contributed by atoms with Crippen LogP contribution in [-0.4, -0.2) is 10.4 Å². The Balaban J connectivity index is 1.99. The smallest absolute Gasteiger partial charge is 0.266 e. The van der Waals surface area contributed by atoms with Crippen LogP contribution in [0.25, 0.3) is 11.1 Å². The van der Waals surface area contributed by atoms with Gasteiger partial charge in [-0.15, -0.1) is 0 Å². The molecule has 4 nitrogen and oxygen atoms in total. The van der Waals surface area contributed by atoms with E-state index >= 15 is 0 Å². The molecular formula is C22H19N3O. The van der Waals surface area contributed by atoms with Gasteiger partial charge in [-0.25, -0.2) is 4.68 Å². The summed E-state index contributed by atoms with van der Waals surface area (Å²) in [5, 5.41) is 13.6. The largest absolute Gasteiger partial charge is 0.289 e. The van der Waals surface area contributed by atoms with Gasteiger partial charge in [0.05, 0.1) is 5.71 Å². The maximum absolute atomic E-state index is 12.5. The third-order valence-corrected chi connectivity index (χ3v) is 4.33. The SMILES string of the molecule is CC(=Nn1c(C)cc(C)c(C#N)c1=O)c1ccc(-c2ccccc2)cc1. The van der Waals surface area contributed by atoms with E-state index < -0.39 is 0 Å². The first kappa shape index (κ1) is 17.4. The number of nitrogens with zero attached hydrogens (tertiary/aromatic N) is 3. The Morgan fingerprint density at radius 1 is 1.00 bits per heavy atom. The van der Waals surface area contributed by atoms with E-state index in [0.717, 1.165) is 16.7 Å².